The maximum absolute atomic E-state index is 12.4. The molecule has 0 radical (unpaired) electrons. The van der Waals surface area contributed by atoms with E-state index in [9.17, 15) is 15.0 Å². The van der Waals surface area contributed by atoms with Gasteiger partial charge in [-0.2, -0.15) is 5.10 Å². The van der Waals surface area contributed by atoms with Crippen LogP contribution in [0.1, 0.15) is 27.0 Å². The maximum Gasteiger partial charge on any atom is 0.275 e. The van der Waals surface area contributed by atoms with Crippen molar-refractivity contribution in [2.24, 2.45) is 5.10 Å². The molecule has 130 valence electrons. The molecule has 0 saturated heterocycles. The second kappa shape index (κ2) is 7.53. The van der Waals surface area contributed by atoms with Crippen LogP contribution in [0, 0.1) is 6.92 Å². The topological polar surface area (TPSA) is 81.9 Å². The van der Waals surface area contributed by atoms with Gasteiger partial charge in [0.1, 0.15) is 17.2 Å². The monoisotopic (exact) mass is 346 g/mol. The van der Waals surface area contributed by atoms with Gasteiger partial charge in [0, 0.05) is 11.1 Å². The Hall–Kier alpha value is -3.60. The number of phenolic OH excluding ortho intramolecular Hbond substituents is 2. The third kappa shape index (κ3) is 3.57. The van der Waals surface area contributed by atoms with Gasteiger partial charge in [-0.05, 0) is 30.7 Å². The minimum absolute atomic E-state index is 0.0581. The first-order chi connectivity index (χ1) is 12.6. The van der Waals surface area contributed by atoms with Gasteiger partial charge in [0.05, 0.1) is 5.56 Å². The lowest BCUT2D eigenvalue weighted by molar-refractivity contribution is 0.0952. The summed E-state index contributed by atoms with van der Waals surface area (Å²) >= 11 is 0. The molecule has 0 aliphatic carbocycles. The van der Waals surface area contributed by atoms with Gasteiger partial charge in [-0.3, -0.25) is 4.79 Å². The second-order valence-corrected chi connectivity index (χ2v) is 5.76. The van der Waals surface area contributed by atoms with Crippen LogP contribution in [0.3, 0.4) is 0 Å². The molecule has 0 heterocycles. The lowest BCUT2D eigenvalue weighted by Crippen LogP contribution is -2.21. The predicted molar refractivity (Wildman–Crippen MR) is 100 cm³/mol. The maximum atomic E-state index is 12.4. The zero-order chi connectivity index (χ0) is 18.5. The number of hydrogen-bond donors (Lipinski definition) is 3. The number of rotatable bonds is 4. The molecule has 3 rings (SSSR count). The van der Waals surface area contributed by atoms with Crippen LogP contribution in [0.5, 0.6) is 11.5 Å². The lowest BCUT2D eigenvalue weighted by atomic mass is 10.0. The summed E-state index contributed by atoms with van der Waals surface area (Å²) in [5, 5.41) is 24.5. The van der Waals surface area contributed by atoms with Crippen LogP contribution in [0.4, 0.5) is 0 Å². The largest absolute Gasteiger partial charge is 0.507 e. The molecule has 26 heavy (non-hydrogen) atoms. The molecule has 1 amide bonds. The normalized spacial score (nSPS) is 11.2. The molecule has 0 bridgehead atoms. The van der Waals surface area contributed by atoms with E-state index in [-0.39, 0.29) is 17.1 Å². The molecule has 3 N–H and O–H groups in total. The van der Waals surface area contributed by atoms with Crippen LogP contribution in [-0.4, -0.2) is 21.8 Å². The van der Waals surface area contributed by atoms with Gasteiger partial charge in [0.2, 0.25) is 0 Å². The molecule has 0 aliphatic rings. The summed E-state index contributed by atoms with van der Waals surface area (Å²) in [5.74, 6) is -0.554. The Morgan fingerprint density at radius 3 is 2.23 bits per heavy atom. The van der Waals surface area contributed by atoms with Gasteiger partial charge in [-0.1, -0.05) is 54.6 Å². The van der Waals surface area contributed by atoms with Gasteiger partial charge in [0.25, 0.3) is 5.91 Å². The highest BCUT2D eigenvalue weighted by Gasteiger charge is 2.15. The van der Waals surface area contributed by atoms with Crippen molar-refractivity contribution in [3.05, 3.63) is 95.1 Å². The highest BCUT2D eigenvalue weighted by atomic mass is 16.3. The van der Waals surface area contributed by atoms with Crippen molar-refractivity contribution >= 4 is 11.6 Å². The van der Waals surface area contributed by atoms with Crippen molar-refractivity contribution < 1.29 is 15.0 Å². The Kier molecular flexibility index (Phi) is 4.99. The number of carbonyl (C=O) groups is 1. The number of carbonyl (C=O) groups excluding carboxylic acids is 1. The third-order valence-corrected chi connectivity index (χ3v) is 3.96. The summed E-state index contributed by atoms with van der Waals surface area (Å²) in [6.07, 6.45) is 0. The Labute approximate surface area is 151 Å². The first-order valence-corrected chi connectivity index (χ1v) is 8.08. The number of nitrogens with zero attached hydrogens (tertiary/aromatic N) is 1. The standard InChI is InChI=1S/C21H18N2O3/c1-14-8-7-12-17(20(14)25)21(26)23-22-19(15-9-3-2-4-10-15)16-11-5-6-13-18(16)24/h2-13,24-25H,1H3,(H,23,26). The second-order valence-electron chi connectivity index (χ2n) is 5.76. The molecule has 0 fully saturated rings. The molecule has 0 aromatic heterocycles. The summed E-state index contributed by atoms with van der Waals surface area (Å²) in [5.41, 5.74) is 4.86. The van der Waals surface area contributed by atoms with E-state index in [1.54, 1.807) is 43.3 Å². The first-order valence-electron chi connectivity index (χ1n) is 8.08. The Bertz CT molecular complexity index is 966. The van der Waals surface area contributed by atoms with E-state index in [0.29, 0.717) is 16.8 Å². The average Bonchev–Trinajstić information content (AvgIpc) is 2.66. The number of para-hydroxylation sites is 2. The van der Waals surface area contributed by atoms with Gasteiger partial charge in [-0.25, -0.2) is 5.43 Å². The van der Waals surface area contributed by atoms with Gasteiger partial charge >= 0.3 is 0 Å². The predicted octanol–water partition coefficient (Wildman–Crippen LogP) is 3.59. The number of aromatic hydroxyl groups is 2. The Morgan fingerprint density at radius 1 is 0.846 bits per heavy atom. The van der Waals surface area contributed by atoms with E-state index in [2.05, 4.69) is 10.5 Å². The molecule has 5 heteroatoms. The number of benzene rings is 3. The van der Waals surface area contributed by atoms with Crippen molar-refractivity contribution in [1.29, 1.82) is 0 Å². The van der Waals surface area contributed by atoms with Crippen LogP contribution in [0.15, 0.2) is 77.9 Å². The van der Waals surface area contributed by atoms with E-state index < -0.39 is 5.91 Å². The molecular weight excluding hydrogens is 328 g/mol. The molecule has 0 unspecified atom stereocenters. The molecule has 0 saturated carbocycles. The molecule has 0 spiro atoms. The summed E-state index contributed by atoms with van der Waals surface area (Å²) in [7, 11) is 0. The third-order valence-electron chi connectivity index (χ3n) is 3.96. The van der Waals surface area contributed by atoms with E-state index in [1.165, 1.54) is 6.07 Å². The molecular formula is C21H18N2O3. The summed E-state index contributed by atoms with van der Waals surface area (Å²) in [6.45, 7) is 1.72. The van der Waals surface area contributed by atoms with Crippen LogP contribution < -0.4 is 5.43 Å². The highest BCUT2D eigenvalue weighted by molar-refractivity contribution is 6.14. The quantitative estimate of drug-likeness (QED) is 0.499. The van der Waals surface area contributed by atoms with Crippen molar-refractivity contribution in [2.45, 2.75) is 6.92 Å². The summed E-state index contributed by atoms with van der Waals surface area (Å²) in [6, 6.07) is 20.9. The molecule has 0 aliphatic heterocycles. The molecule has 0 atom stereocenters. The SMILES string of the molecule is Cc1cccc(C(=O)NN=C(c2ccccc2)c2ccccc2O)c1O. The summed E-state index contributed by atoms with van der Waals surface area (Å²) < 4.78 is 0. The zero-order valence-corrected chi connectivity index (χ0v) is 14.2. The fourth-order valence-electron chi connectivity index (χ4n) is 2.56. The van der Waals surface area contributed by atoms with Crippen LogP contribution in [-0.2, 0) is 0 Å². The lowest BCUT2D eigenvalue weighted by Gasteiger charge is -2.10. The van der Waals surface area contributed by atoms with Crippen LogP contribution in [0.25, 0.3) is 0 Å². The number of phenols is 2. The fourth-order valence-corrected chi connectivity index (χ4v) is 2.56. The molecule has 3 aromatic rings. The van der Waals surface area contributed by atoms with E-state index in [1.807, 2.05) is 30.3 Å². The number of aryl methyl sites for hydroxylation is 1. The smallest absolute Gasteiger partial charge is 0.275 e. The van der Waals surface area contributed by atoms with Crippen molar-refractivity contribution in [2.75, 3.05) is 0 Å². The van der Waals surface area contributed by atoms with Gasteiger partial charge < -0.3 is 10.2 Å². The van der Waals surface area contributed by atoms with Crippen LogP contribution >= 0.6 is 0 Å². The number of nitrogens with one attached hydrogen (secondary N) is 1. The van der Waals surface area contributed by atoms with E-state index in [4.69, 9.17) is 0 Å². The van der Waals surface area contributed by atoms with Gasteiger partial charge in [-0.15, -0.1) is 0 Å². The minimum atomic E-state index is -0.532. The average molecular weight is 346 g/mol. The van der Waals surface area contributed by atoms with Crippen molar-refractivity contribution in [1.82, 2.24) is 5.43 Å². The number of hydrazone groups is 1. The highest BCUT2D eigenvalue weighted by Crippen LogP contribution is 2.22. The van der Waals surface area contributed by atoms with Gasteiger partial charge in [0.15, 0.2) is 0 Å². The Morgan fingerprint density at radius 2 is 1.50 bits per heavy atom. The van der Waals surface area contributed by atoms with Crippen molar-refractivity contribution in [3.63, 3.8) is 0 Å². The van der Waals surface area contributed by atoms with E-state index >= 15 is 0 Å². The number of hydrogen-bond acceptors (Lipinski definition) is 4. The number of amides is 1. The van der Waals surface area contributed by atoms with E-state index in [0.717, 1.165) is 5.56 Å². The Balaban J connectivity index is 1.99. The molecule has 5 nitrogen and oxygen atoms in total. The fraction of sp³-hybridized carbons (Fsp3) is 0.0476. The van der Waals surface area contributed by atoms with Crippen molar-refractivity contribution in [3.8, 4) is 11.5 Å². The van der Waals surface area contributed by atoms with Crippen LogP contribution in [0.2, 0.25) is 0 Å². The molecule has 3 aromatic carbocycles. The zero-order valence-electron chi connectivity index (χ0n) is 14.2. The first kappa shape index (κ1) is 17.2. The summed E-state index contributed by atoms with van der Waals surface area (Å²) in [4.78, 5) is 12.4. The minimum Gasteiger partial charge on any atom is -0.507 e.